The lowest BCUT2D eigenvalue weighted by Crippen LogP contribution is -2.31. The Balaban J connectivity index is 1.73. The molecule has 3 nitrogen and oxygen atoms in total. The molecular formula is C23H25NO2. The molecule has 134 valence electrons. The van der Waals surface area contributed by atoms with Crippen LogP contribution in [0.15, 0.2) is 91.0 Å². The van der Waals surface area contributed by atoms with Gasteiger partial charge < -0.3 is 9.94 Å². The first-order chi connectivity index (χ1) is 12.8. The normalized spacial score (nSPS) is 13.5. The molecule has 0 unspecified atom stereocenters. The van der Waals surface area contributed by atoms with E-state index in [2.05, 4.69) is 0 Å². The maximum atomic E-state index is 10.9. The van der Waals surface area contributed by atoms with Crippen molar-refractivity contribution in [2.24, 2.45) is 0 Å². The van der Waals surface area contributed by atoms with Crippen molar-refractivity contribution in [3.8, 4) is 0 Å². The SMILES string of the molecule is C[C@@H](c1ccccc1)N(O)[C@H](COCc1ccccc1)c1ccccc1. The first kappa shape index (κ1) is 18.3. The van der Waals surface area contributed by atoms with Gasteiger partial charge in [-0.25, -0.2) is 0 Å². The fraction of sp³-hybridized carbons (Fsp3) is 0.217. The highest BCUT2D eigenvalue weighted by Gasteiger charge is 2.25. The molecule has 0 radical (unpaired) electrons. The van der Waals surface area contributed by atoms with E-state index in [4.69, 9.17) is 4.74 Å². The second kappa shape index (κ2) is 9.30. The van der Waals surface area contributed by atoms with Gasteiger partial charge in [-0.1, -0.05) is 91.0 Å². The van der Waals surface area contributed by atoms with Crippen LogP contribution < -0.4 is 0 Å². The first-order valence-corrected chi connectivity index (χ1v) is 8.94. The van der Waals surface area contributed by atoms with Crippen LogP contribution in [0, 0.1) is 0 Å². The van der Waals surface area contributed by atoms with E-state index in [1.807, 2.05) is 97.9 Å². The summed E-state index contributed by atoms with van der Waals surface area (Å²) >= 11 is 0. The average molecular weight is 347 g/mol. The molecule has 1 N–H and O–H groups in total. The molecule has 0 spiro atoms. The van der Waals surface area contributed by atoms with E-state index in [-0.39, 0.29) is 12.1 Å². The molecule has 0 saturated heterocycles. The molecule has 0 heterocycles. The summed E-state index contributed by atoms with van der Waals surface area (Å²) in [5.74, 6) is 0. The summed E-state index contributed by atoms with van der Waals surface area (Å²) < 4.78 is 5.94. The van der Waals surface area contributed by atoms with Crippen LogP contribution in [0.1, 0.15) is 35.7 Å². The first-order valence-electron chi connectivity index (χ1n) is 8.94. The summed E-state index contributed by atoms with van der Waals surface area (Å²) in [6.45, 7) is 2.94. The fourth-order valence-electron chi connectivity index (χ4n) is 3.02. The summed E-state index contributed by atoms with van der Waals surface area (Å²) in [5, 5.41) is 12.3. The number of ether oxygens (including phenoxy) is 1. The fourth-order valence-corrected chi connectivity index (χ4v) is 3.02. The molecule has 0 bridgehead atoms. The number of hydroxylamine groups is 2. The van der Waals surface area contributed by atoms with Crippen molar-refractivity contribution in [2.45, 2.75) is 25.6 Å². The Hall–Kier alpha value is -2.46. The Labute approximate surface area is 155 Å². The van der Waals surface area contributed by atoms with Crippen LogP contribution in [0.3, 0.4) is 0 Å². The minimum Gasteiger partial charge on any atom is -0.375 e. The minimum absolute atomic E-state index is 0.137. The predicted octanol–water partition coefficient (Wildman–Crippen LogP) is 5.40. The van der Waals surface area contributed by atoms with Gasteiger partial charge in [0, 0.05) is 0 Å². The van der Waals surface area contributed by atoms with E-state index >= 15 is 0 Å². The molecule has 0 amide bonds. The number of hydrogen-bond acceptors (Lipinski definition) is 3. The van der Waals surface area contributed by atoms with Crippen LogP contribution in [0.2, 0.25) is 0 Å². The van der Waals surface area contributed by atoms with Crippen molar-refractivity contribution in [3.63, 3.8) is 0 Å². The van der Waals surface area contributed by atoms with E-state index in [9.17, 15) is 5.21 Å². The van der Waals surface area contributed by atoms with Gasteiger partial charge >= 0.3 is 0 Å². The zero-order chi connectivity index (χ0) is 18.2. The smallest absolute Gasteiger partial charge is 0.0840 e. The van der Waals surface area contributed by atoms with Crippen molar-refractivity contribution in [2.75, 3.05) is 6.61 Å². The van der Waals surface area contributed by atoms with Crippen molar-refractivity contribution < 1.29 is 9.94 Å². The van der Waals surface area contributed by atoms with Crippen LogP contribution in [0.4, 0.5) is 0 Å². The lowest BCUT2D eigenvalue weighted by Gasteiger charge is -2.31. The minimum atomic E-state index is -0.241. The molecular weight excluding hydrogens is 322 g/mol. The highest BCUT2D eigenvalue weighted by atomic mass is 16.5. The average Bonchev–Trinajstić information content (AvgIpc) is 2.72. The van der Waals surface area contributed by atoms with Gasteiger partial charge in [0.1, 0.15) is 0 Å². The topological polar surface area (TPSA) is 32.7 Å². The van der Waals surface area contributed by atoms with Crippen molar-refractivity contribution in [3.05, 3.63) is 108 Å². The number of nitrogens with zero attached hydrogens (tertiary/aromatic N) is 1. The molecule has 0 saturated carbocycles. The lowest BCUT2D eigenvalue weighted by atomic mass is 10.0. The third-order valence-corrected chi connectivity index (χ3v) is 4.57. The summed E-state index contributed by atoms with van der Waals surface area (Å²) in [6, 6.07) is 29.7. The van der Waals surface area contributed by atoms with Crippen LogP contribution >= 0.6 is 0 Å². The monoisotopic (exact) mass is 347 g/mol. The van der Waals surface area contributed by atoms with Crippen molar-refractivity contribution in [1.82, 2.24) is 5.06 Å². The molecule has 3 rings (SSSR count). The number of rotatable bonds is 8. The summed E-state index contributed by atoms with van der Waals surface area (Å²) in [6.07, 6.45) is 0. The molecule has 0 aliphatic rings. The Morgan fingerprint density at radius 2 is 1.27 bits per heavy atom. The highest BCUT2D eigenvalue weighted by molar-refractivity contribution is 5.22. The largest absolute Gasteiger partial charge is 0.375 e. The maximum absolute atomic E-state index is 10.9. The van der Waals surface area contributed by atoms with Gasteiger partial charge in [0.15, 0.2) is 0 Å². The molecule has 26 heavy (non-hydrogen) atoms. The number of benzene rings is 3. The van der Waals surface area contributed by atoms with Crippen LogP contribution in [-0.2, 0) is 11.3 Å². The third kappa shape index (κ3) is 4.79. The Kier molecular flexibility index (Phi) is 6.56. The molecule has 3 aromatic rings. The zero-order valence-electron chi connectivity index (χ0n) is 15.0. The zero-order valence-corrected chi connectivity index (χ0v) is 15.0. The van der Waals surface area contributed by atoms with Gasteiger partial charge in [0.05, 0.1) is 25.3 Å². The van der Waals surface area contributed by atoms with Gasteiger partial charge in [0.2, 0.25) is 0 Å². The third-order valence-electron chi connectivity index (χ3n) is 4.57. The molecule has 0 aromatic heterocycles. The quantitative estimate of drug-likeness (QED) is 0.554. The van der Waals surface area contributed by atoms with E-state index < -0.39 is 0 Å². The van der Waals surface area contributed by atoms with Crippen LogP contribution in [0.25, 0.3) is 0 Å². The van der Waals surface area contributed by atoms with Gasteiger partial charge in [-0.05, 0) is 23.6 Å². The van der Waals surface area contributed by atoms with Crippen LogP contribution in [0.5, 0.6) is 0 Å². The predicted molar refractivity (Wildman–Crippen MR) is 104 cm³/mol. The second-order valence-corrected chi connectivity index (χ2v) is 6.39. The molecule has 3 heteroatoms. The van der Waals surface area contributed by atoms with Gasteiger partial charge in [-0.3, -0.25) is 0 Å². The standard InChI is InChI=1S/C23H25NO2/c1-19(21-13-7-3-8-14-21)24(25)23(22-15-9-4-10-16-22)18-26-17-20-11-5-2-6-12-20/h2-16,19,23,25H,17-18H2,1H3/t19-,23+/m0/s1. The van der Waals surface area contributed by atoms with Crippen molar-refractivity contribution in [1.29, 1.82) is 0 Å². The molecule has 0 aliphatic heterocycles. The Bertz CT molecular complexity index is 762. The van der Waals surface area contributed by atoms with Crippen molar-refractivity contribution >= 4 is 0 Å². The summed E-state index contributed by atoms with van der Waals surface area (Å²) in [7, 11) is 0. The Morgan fingerprint density at radius 3 is 1.85 bits per heavy atom. The maximum Gasteiger partial charge on any atom is 0.0840 e. The molecule has 2 atom stereocenters. The van der Waals surface area contributed by atoms with E-state index in [1.54, 1.807) is 0 Å². The second-order valence-electron chi connectivity index (χ2n) is 6.39. The van der Waals surface area contributed by atoms with Gasteiger partial charge in [0.25, 0.3) is 0 Å². The van der Waals surface area contributed by atoms with E-state index in [0.717, 1.165) is 16.7 Å². The van der Waals surface area contributed by atoms with Gasteiger partial charge in [-0.2, -0.15) is 5.06 Å². The molecule has 0 aliphatic carbocycles. The van der Waals surface area contributed by atoms with E-state index in [1.165, 1.54) is 5.06 Å². The number of hydrogen-bond donors (Lipinski definition) is 1. The van der Waals surface area contributed by atoms with E-state index in [0.29, 0.717) is 13.2 Å². The van der Waals surface area contributed by atoms with Crippen LogP contribution in [-0.4, -0.2) is 16.9 Å². The molecule has 3 aromatic carbocycles. The lowest BCUT2D eigenvalue weighted by molar-refractivity contribution is -0.175. The Morgan fingerprint density at radius 1 is 0.769 bits per heavy atom. The highest BCUT2D eigenvalue weighted by Crippen LogP contribution is 2.29. The summed E-state index contributed by atoms with van der Waals surface area (Å²) in [5.41, 5.74) is 3.23. The summed E-state index contributed by atoms with van der Waals surface area (Å²) in [4.78, 5) is 0. The van der Waals surface area contributed by atoms with Gasteiger partial charge in [-0.15, -0.1) is 0 Å². The molecule has 0 fully saturated rings.